The van der Waals surface area contributed by atoms with Gasteiger partial charge in [0.25, 0.3) is 0 Å². The van der Waals surface area contributed by atoms with Crippen molar-refractivity contribution in [2.45, 2.75) is 38.3 Å². The lowest BCUT2D eigenvalue weighted by Crippen LogP contribution is -2.37. The minimum atomic E-state index is -0.909. The number of aliphatic hydroxyl groups excluding tert-OH is 1. The maximum Gasteiger partial charge on any atom is 0.335 e. The summed E-state index contributed by atoms with van der Waals surface area (Å²) in [5.41, 5.74) is 7.25. The molecular weight excluding hydrogens is 410 g/mol. The average Bonchev–Trinajstić information content (AvgIpc) is 2.77. The molecule has 2 atom stereocenters. The van der Waals surface area contributed by atoms with Crippen LogP contribution in [0, 0.1) is 6.92 Å². The van der Waals surface area contributed by atoms with Gasteiger partial charge in [-0.2, -0.15) is 0 Å². The predicted octanol–water partition coefficient (Wildman–Crippen LogP) is 4.96. The molecule has 0 aliphatic heterocycles. The molecule has 3 N–H and O–H groups in total. The molecule has 3 aromatic carbocycles. The van der Waals surface area contributed by atoms with Crippen LogP contribution in [-0.4, -0.2) is 28.8 Å². The molecule has 5 heteroatoms. The van der Waals surface area contributed by atoms with Crippen molar-refractivity contribution < 1.29 is 15.0 Å². The third-order valence-corrected chi connectivity index (χ3v) is 5.96. The molecule has 162 valence electrons. The standard InChI is InChI=1S/C26H27NO3.ClH/c1-17-2-4-20(5-3-17)25(28)16-27-24-13-12-19-8-11-22(14-23(19)15-24)18-6-9-21(10-7-18)26(29)30;/h2-11,14,24-25,27-28H,12-13,15-16H2,1H3,(H,29,30);1H/t24-,25+;/m0./s1. The molecule has 0 bridgehead atoms. The Morgan fingerprint density at radius 2 is 1.68 bits per heavy atom. The Balaban J connectivity index is 0.00000272. The van der Waals surface area contributed by atoms with Crippen molar-refractivity contribution in [3.05, 3.63) is 94.5 Å². The zero-order valence-corrected chi connectivity index (χ0v) is 18.4. The number of carbonyl (C=O) groups is 1. The number of carboxylic acid groups (broad SMARTS) is 1. The van der Waals surface area contributed by atoms with E-state index in [9.17, 15) is 9.90 Å². The van der Waals surface area contributed by atoms with Gasteiger partial charge >= 0.3 is 5.97 Å². The number of hydrogen-bond acceptors (Lipinski definition) is 3. The number of hydrogen-bond donors (Lipinski definition) is 3. The highest BCUT2D eigenvalue weighted by molar-refractivity contribution is 5.88. The lowest BCUT2D eigenvalue weighted by molar-refractivity contribution is 0.0697. The van der Waals surface area contributed by atoms with Gasteiger partial charge in [-0.3, -0.25) is 0 Å². The number of benzene rings is 3. The van der Waals surface area contributed by atoms with Crippen LogP contribution in [0.2, 0.25) is 0 Å². The summed E-state index contributed by atoms with van der Waals surface area (Å²) in [6.45, 7) is 2.59. The molecule has 1 aliphatic rings. The van der Waals surface area contributed by atoms with Gasteiger partial charge in [0.15, 0.2) is 0 Å². The summed E-state index contributed by atoms with van der Waals surface area (Å²) in [5, 5.41) is 23.1. The van der Waals surface area contributed by atoms with Crippen molar-refractivity contribution in [3.63, 3.8) is 0 Å². The summed E-state index contributed by atoms with van der Waals surface area (Å²) < 4.78 is 0. The maximum absolute atomic E-state index is 11.1. The van der Waals surface area contributed by atoms with Crippen LogP contribution in [0.25, 0.3) is 11.1 Å². The fourth-order valence-electron chi connectivity index (χ4n) is 4.10. The molecular formula is C26H28ClNO3. The first-order chi connectivity index (χ1) is 14.5. The first-order valence-corrected chi connectivity index (χ1v) is 10.4. The molecule has 4 nitrogen and oxygen atoms in total. The Labute approximate surface area is 189 Å². The summed E-state index contributed by atoms with van der Waals surface area (Å²) >= 11 is 0. The van der Waals surface area contributed by atoms with E-state index >= 15 is 0 Å². The number of aromatic carboxylic acids is 1. The van der Waals surface area contributed by atoms with Gasteiger partial charge in [0, 0.05) is 12.6 Å². The summed E-state index contributed by atoms with van der Waals surface area (Å²) in [6, 6.07) is 21.9. The molecule has 0 heterocycles. The lowest BCUT2D eigenvalue weighted by atomic mass is 9.86. The molecule has 0 radical (unpaired) electrons. The number of nitrogens with one attached hydrogen (secondary N) is 1. The fraction of sp³-hybridized carbons (Fsp3) is 0.269. The second kappa shape index (κ2) is 10.1. The molecule has 1 aliphatic carbocycles. The van der Waals surface area contributed by atoms with Gasteiger partial charge in [-0.25, -0.2) is 4.79 Å². The van der Waals surface area contributed by atoms with Crippen LogP contribution < -0.4 is 5.32 Å². The topological polar surface area (TPSA) is 69.6 Å². The molecule has 0 saturated carbocycles. The highest BCUT2D eigenvalue weighted by Crippen LogP contribution is 2.28. The summed E-state index contributed by atoms with van der Waals surface area (Å²) in [4.78, 5) is 11.1. The van der Waals surface area contributed by atoms with Crippen molar-refractivity contribution in [2.75, 3.05) is 6.54 Å². The largest absolute Gasteiger partial charge is 0.478 e. The van der Waals surface area contributed by atoms with Crippen molar-refractivity contribution in [1.29, 1.82) is 0 Å². The molecule has 0 saturated heterocycles. The Morgan fingerprint density at radius 1 is 1.00 bits per heavy atom. The molecule has 4 rings (SSSR count). The van der Waals surface area contributed by atoms with Crippen LogP contribution in [0.5, 0.6) is 0 Å². The van der Waals surface area contributed by atoms with Crippen LogP contribution in [0.4, 0.5) is 0 Å². The van der Waals surface area contributed by atoms with Crippen LogP contribution in [0.15, 0.2) is 66.7 Å². The third kappa shape index (κ3) is 5.53. The number of fused-ring (bicyclic) bond motifs is 1. The maximum atomic E-state index is 11.1. The van der Waals surface area contributed by atoms with Gasteiger partial charge in [0.05, 0.1) is 11.7 Å². The molecule has 31 heavy (non-hydrogen) atoms. The van der Waals surface area contributed by atoms with Crippen molar-refractivity contribution in [2.24, 2.45) is 0 Å². The Kier molecular flexibility index (Phi) is 7.50. The molecule has 0 amide bonds. The highest BCUT2D eigenvalue weighted by Gasteiger charge is 2.20. The third-order valence-electron chi connectivity index (χ3n) is 5.96. The van der Waals surface area contributed by atoms with Crippen LogP contribution in [-0.2, 0) is 12.8 Å². The Bertz CT molecular complexity index is 1030. The second-order valence-electron chi connectivity index (χ2n) is 8.14. The van der Waals surface area contributed by atoms with Gasteiger partial charge < -0.3 is 15.5 Å². The minimum Gasteiger partial charge on any atom is -0.478 e. The molecule has 0 spiro atoms. The van der Waals surface area contributed by atoms with E-state index in [0.29, 0.717) is 18.2 Å². The molecule has 0 unspecified atom stereocenters. The number of aliphatic hydroxyl groups is 1. The number of aryl methyl sites for hydroxylation is 2. The Hall–Kier alpha value is -2.66. The SMILES string of the molecule is Cc1ccc([C@H](O)CN[C@H]2CCc3ccc(-c4ccc(C(=O)O)cc4)cc3C2)cc1.Cl. The van der Waals surface area contributed by atoms with Gasteiger partial charge in [-0.05, 0) is 66.1 Å². The first kappa shape index (κ1) is 23.0. The van der Waals surface area contributed by atoms with Gasteiger partial charge in [0.1, 0.15) is 0 Å². The van der Waals surface area contributed by atoms with Crippen molar-refractivity contribution in [1.82, 2.24) is 5.32 Å². The monoisotopic (exact) mass is 437 g/mol. The summed E-state index contributed by atoms with van der Waals surface area (Å²) in [7, 11) is 0. The predicted molar refractivity (Wildman–Crippen MR) is 126 cm³/mol. The minimum absolute atomic E-state index is 0. The van der Waals surface area contributed by atoms with E-state index in [0.717, 1.165) is 36.0 Å². The molecule has 0 fully saturated rings. The van der Waals surface area contributed by atoms with Crippen LogP contribution >= 0.6 is 12.4 Å². The van der Waals surface area contributed by atoms with E-state index in [4.69, 9.17) is 5.11 Å². The van der Waals surface area contributed by atoms with Gasteiger partial charge in [0.2, 0.25) is 0 Å². The van der Waals surface area contributed by atoms with E-state index in [1.54, 1.807) is 12.1 Å². The first-order valence-electron chi connectivity index (χ1n) is 10.4. The highest BCUT2D eigenvalue weighted by atomic mass is 35.5. The van der Waals surface area contributed by atoms with Crippen LogP contribution in [0.1, 0.15) is 45.1 Å². The number of halogens is 1. The van der Waals surface area contributed by atoms with Crippen molar-refractivity contribution >= 4 is 18.4 Å². The zero-order chi connectivity index (χ0) is 21.1. The smallest absolute Gasteiger partial charge is 0.335 e. The summed E-state index contributed by atoms with van der Waals surface area (Å²) in [6.07, 6.45) is 2.49. The Morgan fingerprint density at radius 3 is 2.35 bits per heavy atom. The molecule has 0 aromatic heterocycles. The quantitative estimate of drug-likeness (QED) is 0.509. The second-order valence-corrected chi connectivity index (χ2v) is 8.14. The van der Waals surface area contributed by atoms with Crippen LogP contribution in [0.3, 0.4) is 0 Å². The number of rotatable bonds is 6. The van der Waals surface area contributed by atoms with E-state index < -0.39 is 12.1 Å². The summed E-state index contributed by atoms with van der Waals surface area (Å²) in [5.74, 6) is -0.909. The van der Waals surface area contributed by atoms with E-state index in [-0.39, 0.29) is 12.4 Å². The van der Waals surface area contributed by atoms with Gasteiger partial charge in [-0.1, -0.05) is 60.2 Å². The van der Waals surface area contributed by atoms with E-state index in [1.807, 2.05) is 43.3 Å². The molecule has 3 aromatic rings. The average molecular weight is 438 g/mol. The number of carboxylic acids is 1. The van der Waals surface area contributed by atoms with E-state index in [1.165, 1.54) is 16.7 Å². The van der Waals surface area contributed by atoms with E-state index in [2.05, 4.69) is 23.5 Å². The van der Waals surface area contributed by atoms with Gasteiger partial charge in [-0.15, -0.1) is 12.4 Å². The normalized spacial score (nSPS) is 16.1. The fourth-order valence-corrected chi connectivity index (χ4v) is 4.10. The lowest BCUT2D eigenvalue weighted by Gasteiger charge is -2.27. The van der Waals surface area contributed by atoms with Crippen molar-refractivity contribution in [3.8, 4) is 11.1 Å². The zero-order valence-electron chi connectivity index (χ0n) is 17.5.